The number of likely N-dealkylation sites (tertiary alicyclic amines) is 1. The summed E-state index contributed by atoms with van der Waals surface area (Å²) < 4.78 is 27.2. The smallest absolute Gasteiger partial charge is 0.257 e. The van der Waals surface area contributed by atoms with Crippen molar-refractivity contribution in [1.82, 2.24) is 19.4 Å². The van der Waals surface area contributed by atoms with Gasteiger partial charge in [-0.1, -0.05) is 0 Å². The van der Waals surface area contributed by atoms with Crippen molar-refractivity contribution in [3.05, 3.63) is 17.5 Å². The molecule has 1 saturated carbocycles. The minimum absolute atomic E-state index is 0.0327. The Kier molecular flexibility index (Phi) is 4.00. The summed E-state index contributed by atoms with van der Waals surface area (Å²) in [6.45, 7) is 6.03. The van der Waals surface area contributed by atoms with Crippen molar-refractivity contribution in [2.24, 2.45) is 5.41 Å². The minimum Gasteiger partial charge on any atom is -0.338 e. The van der Waals surface area contributed by atoms with Crippen molar-refractivity contribution >= 4 is 15.9 Å². The lowest BCUT2D eigenvalue weighted by Crippen LogP contribution is -2.41. The second kappa shape index (κ2) is 5.59. The first-order chi connectivity index (χ1) is 10.8. The summed E-state index contributed by atoms with van der Waals surface area (Å²) in [6.07, 6.45) is 5.44. The van der Waals surface area contributed by atoms with Crippen LogP contribution in [0.15, 0.2) is 6.20 Å². The van der Waals surface area contributed by atoms with E-state index in [9.17, 15) is 13.2 Å². The Labute approximate surface area is 137 Å². The molecule has 3 rings (SSSR count). The summed E-state index contributed by atoms with van der Waals surface area (Å²) in [5.41, 5.74) is 1.63. The van der Waals surface area contributed by atoms with E-state index in [0.29, 0.717) is 18.7 Å². The number of rotatable bonds is 4. The lowest BCUT2D eigenvalue weighted by Gasteiger charge is -2.33. The zero-order valence-corrected chi connectivity index (χ0v) is 14.7. The third-order valence-corrected chi connectivity index (χ3v) is 5.94. The number of piperidine rings is 1. The van der Waals surface area contributed by atoms with Crippen LogP contribution >= 0.6 is 0 Å². The zero-order chi connectivity index (χ0) is 16.8. The monoisotopic (exact) mass is 340 g/mol. The average Bonchev–Trinajstić information content (AvgIpc) is 2.96. The molecule has 1 aromatic heterocycles. The number of carbonyl (C=O) groups is 1. The molecule has 1 aromatic rings. The SMILES string of the molecule is CCn1ncc(C(=O)N2CCC3(CC2)CC3NS(C)(=O)=O)c1C. The topological polar surface area (TPSA) is 84.3 Å². The van der Waals surface area contributed by atoms with E-state index in [2.05, 4.69) is 9.82 Å². The number of hydrogen-bond acceptors (Lipinski definition) is 4. The van der Waals surface area contributed by atoms with E-state index in [4.69, 9.17) is 0 Å². The molecule has 1 saturated heterocycles. The van der Waals surface area contributed by atoms with Crippen LogP contribution in [0.5, 0.6) is 0 Å². The van der Waals surface area contributed by atoms with E-state index in [1.54, 1.807) is 6.20 Å². The summed E-state index contributed by atoms with van der Waals surface area (Å²) in [7, 11) is -3.16. The Hall–Kier alpha value is -1.41. The van der Waals surface area contributed by atoms with Gasteiger partial charge in [0.05, 0.1) is 18.0 Å². The summed E-state index contributed by atoms with van der Waals surface area (Å²) in [5, 5.41) is 4.24. The first-order valence-electron chi connectivity index (χ1n) is 8.05. The van der Waals surface area contributed by atoms with Gasteiger partial charge < -0.3 is 4.90 Å². The maximum Gasteiger partial charge on any atom is 0.257 e. The lowest BCUT2D eigenvalue weighted by atomic mass is 9.92. The summed E-state index contributed by atoms with van der Waals surface area (Å²) in [6, 6.07) is 0.0410. The second-order valence-corrected chi connectivity index (χ2v) is 8.54. The van der Waals surface area contributed by atoms with Crippen LogP contribution in [0.3, 0.4) is 0 Å². The summed E-state index contributed by atoms with van der Waals surface area (Å²) in [5.74, 6) is 0.0327. The van der Waals surface area contributed by atoms with Crippen LogP contribution in [0.25, 0.3) is 0 Å². The number of hydrogen-bond donors (Lipinski definition) is 1. The van der Waals surface area contributed by atoms with Gasteiger partial charge in [-0.15, -0.1) is 0 Å². The molecule has 1 spiro atoms. The highest BCUT2D eigenvalue weighted by Gasteiger charge is 2.56. The lowest BCUT2D eigenvalue weighted by molar-refractivity contribution is 0.0673. The van der Waals surface area contributed by atoms with Crippen molar-refractivity contribution in [3.8, 4) is 0 Å². The molecular formula is C15H24N4O3S. The molecule has 0 radical (unpaired) electrons. The fourth-order valence-electron chi connectivity index (χ4n) is 3.63. The van der Waals surface area contributed by atoms with Crippen LogP contribution in [0, 0.1) is 12.3 Å². The Morgan fingerprint density at radius 3 is 2.61 bits per heavy atom. The van der Waals surface area contributed by atoms with E-state index in [0.717, 1.165) is 31.5 Å². The minimum atomic E-state index is -3.16. The van der Waals surface area contributed by atoms with Gasteiger partial charge in [-0.3, -0.25) is 9.48 Å². The molecule has 23 heavy (non-hydrogen) atoms. The fourth-order valence-corrected chi connectivity index (χ4v) is 4.48. The Morgan fingerprint density at radius 2 is 2.09 bits per heavy atom. The third kappa shape index (κ3) is 3.14. The normalized spacial score (nSPS) is 23.3. The van der Waals surface area contributed by atoms with Crippen LogP contribution in [0.2, 0.25) is 0 Å². The van der Waals surface area contributed by atoms with E-state index in [-0.39, 0.29) is 17.4 Å². The molecule has 0 aromatic carbocycles. The third-order valence-electron chi connectivity index (χ3n) is 5.23. The molecule has 2 heterocycles. The number of aryl methyl sites for hydroxylation is 1. The predicted octanol–water partition coefficient (Wildman–Crippen LogP) is 0.755. The molecule has 2 aliphatic rings. The first kappa shape index (κ1) is 16.4. The Bertz CT molecular complexity index is 717. The molecule has 1 atom stereocenters. The van der Waals surface area contributed by atoms with Gasteiger partial charge in [0, 0.05) is 31.4 Å². The van der Waals surface area contributed by atoms with Crippen LogP contribution in [0.1, 0.15) is 42.2 Å². The molecule has 1 aliphatic carbocycles. The van der Waals surface area contributed by atoms with E-state index >= 15 is 0 Å². The van der Waals surface area contributed by atoms with Gasteiger partial charge in [-0.2, -0.15) is 5.10 Å². The Balaban J connectivity index is 1.61. The first-order valence-corrected chi connectivity index (χ1v) is 9.94. The van der Waals surface area contributed by atoms with Gasteiger partial charge in [-0.25, -0.2) is 13.1 Å². The van der Waals surface area contributed by atoms with Crippen molar-refractivity contribution in [3.63, 3.8) is 0 Å². The Morgan fingerprint density at radius 1 is 1.43 bits per heavy atom. The standard InChI is InChI=1S/C15H24N4O3S/c1-4-19-11(2)12(10-16-19)14(20)18-7-5-15(6-8-18)9-13(15)17-23(3,21)22/h10,13,17H,4-9H2,1-3H3. The van der Waals surface area contributed by atoms with E-state index in [1.165, 1.54) is 6.26 Å². The van der Waals surface area contributed by atoms with Crippen molar-refractivity contribution in [2.75, 3.05) is 19.3 Å². The van der Waals surface area contributed by atoms with Crippen molar-refractivity contribution < 1.29 is 13.2 Å². The zero-order valence-electron chi connectivity index (χ0n) is 13.9. The van der Waals surface area contributed by atoms with Crippen LogP contribution < -0.4 is 4.72 Å². The molecule has 7 nitrogen and oxygen atoms in total. The summed E-state index contributed by atoms with van der Waals surface area (Å²) >= 11 is 0. The maximum absolute atomic E-state index is 12.7. The van der Waals surface area contributed by atoms with Crippen LogP contribution in [0.4, 0.5) is 0 Å². The second-order valence-electron chi connectivity index (χ2n) is 6.76. The van der Waals surface area contributed by atoms with Crippen molar-refractivity contribution in [1.29, 1.82) is 0 Å². The molecule has 1 unspecified atom stereocenters. The molecule has 2 fully saturated rings. The number of carbonyl (C=O) groups excluding carboxylic acids is 1. The fraction of sp³-hybridized carbons (Fsp3) is 0.733. The number of amides is 1. The number of sulfonamides is 1. The largest absolute Gasteiger partial charge is 0.338 e. The van der Waals surface area contributed by atoms with Crippen LogP contribution in [-0.2, 0) is 16.6 Å². The summed E-state index contributed by atoms with van der Waals surface area (Å²) in [4.78, 5) is 14.5. The van der Waals surface area contributed by atoms with Gasteiger partial charge in [0.15, 0.2) is 0 Å². The van der Waals surface area contributed by atoms with Gasteiger partial charge in [0.1, 0.15) is 0 Å². The van der Waals surface area contributed by atoms with Gasteiger partial charge in [0.25, 0.3) is 5.91 Å². The van der Waals surface area contributed by atoms with Crippen molar-refractivity contribution in [2.45, 2.75) is 45.7 Å². The molecule has 1 N–H and O–H groups in total. The van der Waals surface area contributed by atoms with Gasteiger partial charge in [-0.05, 0) is 38.5 Å². The highest BCUT2D eigenvalue weighted by atomic mass is 32.2. The van der Waals surface area contributed by atoms with Gasteiger partial charge in [0.2, 0.25) is 10.0 Å². The maximum atomic E-state index is 12.7. The van der Waals surface area contributed by atoms with Gasteiger partial charge >= 0.3 is 0 Å². The molecule has 1 aliphatic heterocycles. The molecule has 0 bridgehead atoms. The quantitative estimate of drug-likeness (QED) is 0.877. The molecule has 128 valence electrons. The van der Waals surface area contributed by atoms with E-state index < -0.39 is 10.0 Å². The molecule has 1 amide bonds. The molecule has 8 heteroatoms. The number of aromatic nitrogens is 2. The van der Waals surface area contributed by atoms with E-state index in [1.807, 2.05) is 23.4 Å². The number of nitrogens with one attached hydrogen (secondary N) is 1. The predicted molar refractivity (Wildman–Crippen MR) is 86.6 cm³/mol. The molecular weight excluding hydrogens is 316 g/mol. The highest BCUT2D eigenvalue weighted by molar-refractivity contribution is 7.88. The average molecular weight is 340 g/mol. The number of nitrogens with zero attached hydrogens (tertiary/aromatic N) is 3. The highest BCUT2D eigenvalue weighted by Crippen LogP contribution is 2.54. The van der Waals surface area contributed by atoms with Crippen LogP contribution in [-0.4, -0.2) is 54.4 Å².